The van der Waals surface area contributed by atoms with Gasteiger partial charge < -0.3 is 15.6 Å². The number of hydrogen-bond acceptors (Lipinski definition) is 4. The monoisotopic (exact) mass is 469 g/mol. The highest BCUT2D eigenvalue weighted by molar-refractivity contribution is 6.11. The first-order chi connectivity index (χ1) is 16.9. The summed E-state index contributed by atoms with van der Waals surface area (Å²) >= 11 is 0. The van der Waals surface area contributed by atoms with E-state index in [1.54, 1.807) is 30.3 Å². The number of imidazole rings is 1. The second-order valence-electron chi connectivity index (χ2n) is 8.76. The van der Waals surface area contributed by atoms with Crippen LogP contribution in [0.5, 0.6) is 0 Å². The lowest BCUT2D eigenvalue weighted by Gasteiger charge is -2.22. The first-order valence-corrected chi connectivity index (χ1v) is 11.2. The molecule has 1 atom stereocenters. The summed E-state index contributed by atoms with van der Waals surface area (Å²) in [7, 11) is 0. The fraction of sp³-hybridized carbons (Fsp3) is 0.154. The number of nitrogens with zero attached hydrogens (tertiary/aromatic N) is 2. The molecule has 1 spiro atoms. The number of aryl methyl sites for hydroxylation is 1. The molecule has 1 aromatic heterocycles. The minimum absolute atomic E-state index is 0.362. The van der Waals surface area contributed by atoms with Gasteiger partial charge in [-0.15, -0.1) is 0 Å². The van der Waals surface area contributed by atoms with Crippen LogP contribution in [-0.4, -0.2) is 39.3 Å². The summed E-state index contributed by atoms with van der Waals surface area (Å²) in [5.41, 5.74) is 3.10. The van der Waals surface area contributed by atoms with E-state index in [9.17, 15) is 18.8 Å². The molecule has 6 rings (SSSR count). The summed E-state index contributed by atoms with van der Waals surface area (Å²) in [4.78, 5) is 47.2. The van der Waals surface area contributed by atoms with E-state index in [0.717, 1.165) is 16.0 Å². The van der Waals surface area contributed by atoms with E-state index in [-0.39, 0.29) is 5.82 Å². The van der Waals surface area contributed by atoms with Crippen molar-refractivity contribution in [2.24, 2.45) is 0 Å². The van der Waals surface area contributed by atoms with Gasteiger partial charge in [0.25, 0.3) is 5.91 Å². The minimum Gasteiger partial charge on any atom is -0.338 e. The lowest BCUT2D eigenvalue weighted by atomic mass is 9.92. The Kier molecular flexibility index (Phi) is 4.67. The number of carbonyl (C=O) groups is 3. The largest absolute Gasteiger partial charge is 0.338 e. The summed E-state index contributed by atoms with van der Waals surface area (Å²) in [6, 6.07) is 18.2. The molecule has 1 aliphatic carbocycles. The SMILES string of the molecule is O=C(CN1C(=O)NC2(CCc3ccccc32)C1=O)Nc1ccc2nc(-c3cccc(F)c3)[nH]c2c1. The molecule has 3 aromatic carbocycles. The molecule has 0 saturated carbocycles. The summed E-state index contributed by atoms with van der Waals surface area (Å²) < 4.78 is 13.6. The van der Waals surface area contributed by atoms with Crippen molar-refractivity contribution in [3.63, 3.8) is 0 Å². The number of nitrogens with one attached hydrogen (secondary N) is 3. The van der Waals surface area contributed by atoms with Gasteiger partial charge >= 0.3 is 6.03 Å². The van der Waals surface area contributed by atoms with Gasteiger partial charge in [-0.25, -0.2) is 14.2 Å². The minimum atomic E-state index is -1.10. The van der Waals surface area contributed by atoms with Gasteiger partial charge in [-0.05, 0) is 54.3 Å². The number of halogens is 1. The van der Waals surface area contributed by atoms with Crippen LogP contribution in [0.2, 0.25) is 0 Å². The maximum Gasteiger partial charge on any atom is 0.325 e. The van der Waals surface area contributed by atoms with Crippen LogP contribution in [0.15, 0.2) is 66.7 Å². The predicted molar refractivity (Wildman–Crippen MR) is 127 cm³/mol. The van der Waals surface area contributed by atoms with E-state index < -0.39 is 29.9 Å². The molecular weight excluding hydrogens is 449 g/mol. The number of anilines is 1. The van der Waals surface area contributed by atoms with E-state index in [1.807, 2.05) is 24.3 Å². The quantitative estimate of drug-likeness (QED) is 0.396. The molecule has 1 aliphatic heterocycles. The van der Waals surface area contributed by atoms with E-state index in [2.05, 4.69) is 20.6 Å². The lowest BCUT2D eigenvalue weighted by Crippen LogP contribution is -2.42. The third kappa shape index (κ3) is 3.43. The number of aromatic amines is 1. The van der Waals surface area contributed by atoms with Gasteiger partial charge in [0.2, 0.25) is 5.91 Å². The molecule has 174 valence electrons. The summed E-state index contributed by atoms with van der Waals surface area (Å²) in [6.45, 7) is -0.399. The van der Waals surface area contributed by atoms with Gasteiger partial charge in [0.1, 0.15) is 23.7 Å². The molecule has 1 saturated heterocycles. The van der Waals surface area contributed by atoms with Crippen LogP contribution in [0.4, 0.5) is 14.9 Å². The Morgan fingerprint density at radius 3 is 2.80 bits per heavy atom. The number of imide groups is 1. The van der Waals surface area contributed by atoms with E-state index in [1.165, 1.54) is 12.1 Å². The zero-order valence-corrected chi connectivity index (χ0v) is 18.5. The molecule has 3 N–H and O–H groups in total. The molecule has 8 nitrogen and oxygen atoms in total. The molecule has 35 heavy (non-hydrogen) atoms. The van der Waals surface area contributed by atoms with E-state index >= 15 is 0 Å². The van der Waals surface area contributed by atoms with Crippen molar-refractivity contribution in [2.75, 3.05) is 11.9 Å². The number of aromatic nitrogens is 2. The van der Waals surface area contributed by atoms with Gasteiger partial charge in [0, 0.05) is 11.3 Å². The number of amides is 4. The highest BCUT2D eigenvalue weighted by atomic mass is 19.1. The second-order valence-corrected chi connectivity index (χ2v) is 8.76. The fourth-order valence-electron chi connectivity index (χ4n) is 4.94. The Morgan fingerprint density at radius 2 is 1.94 bits per heavy atom. The van der Waals surface area contributed by atoms with Crippen LogP contribution in [0, 0.1) is 5.82 Å². The number of fused-ring (bicyclic) bond motifs is 3. The van der Waals surface area contributed by atoms with Crippen molar-refractivity contribution in [2.45, 2.75) is 18.4 Å². The summed E-state index contributed by atoms with van der Waals surface area (Å²) in [5.74, 6) is -0.767. The van der Waals surface area contributed by atoms with E-state index in [4.69, 9.17) is 0 Å². The maximum absolute atomic E-state index is 13.6. The van der Waals surface area contributed by atoms with Crippen LogP contribution in [-0.2, 0) is 21.5 Å². The number of H-pyrrole nitrogens is 1. The average molecular weight is 469 g/mol. The molecule has 2 heterocycles. The van der Waals surface area contributed by atoms with Crippen LogP contribution in [0.1, 0.15) is 17.5 Å². The number of hydrogen-bond donors (Lipinski definition) is 3. The van der Waals surface area contributed by atoms with Gasteiger partial charge in [0.05, 0.1) is 11.0 Å². The Bertz CT molecular complexity index is 1530. The normalized spacial score (nSPS) is 18.8. The first-order valence-electron chi connectivity index (χ1n) is 11.2. The smallest absolute Gasteiger partial charge is 0.325 e. The molecule has 0 bridgehead atoms. The van der Waals surface area contributed by atoms with Crippen molar-refractivity contribution >= 4 is 34.6 Å². The van der Waals surface area contributed by atoms with Crippen molar-refractivity contribution in [3.05, 3.63) is 83.7 Å². The number of urea groups is 1. The predicted octanol–water partition coefficient (Wildman–Crippen LogP) is 3.70. The Labute approximate surface area is 199 Å². The highest BCUT2D eigenvalue weighted by Gasteiger charge is 2.55. The Hall–Kier alpha value is -4.53. The highest BCUT2D eigenvalue weighted by Crippen LogP contribution is 2.41. The van der Waals surface area contributed by atoms with Crippen LogP contribution >= 0.6 is 0 Å². The molecule has 9 heteroatoms. The van der Waals surface area contributed by atoms with E-state index in [0.29, 0.717) is 41.0 Å². The Balaban J connectivity index is 1.19. The van der Waals surface area contributed by atoms with Crippen molar-refractivity contribution in [1.82, 2.24) is 20.2 Å². The van der Waals surface area contributed by atoms with Crippen molar-refractivity contribution < 1.29 is 18.8 Å². The molecular formula is C26H20FN5O3. The van der Waals surface area contributed by atoms with Gasteiger partial charge in [-0.3, -0.25) is 14.5 Å². The van der Waals surface area contributed by atoms with Crippen LogP contribution in [0.25, 0.3) is 22.4 Å². The van der Waals surface area contributed by atoms with Gasteiger partial charge in [-0.1, -0.05) is 36.4 Å². The topological polar surface area (TPSA) is 107 Å². The van der Waals surface area contributed by atoms with Gasteiger partial charge in [0.15, 0.2) is 0 Å². The first kappa shape index (κ1) is 21.0. The molecule has 4 aromatic rings. The summed E-state index contributed by atoms with van der Waals surface area (Å²) in [5, 5.41) is 5.56. The maximum atomic E-state index is 13.6. The standard InChI is InChI=1S/C26H20FN5O3/c27-17-6-3-5-16(12-17)23-29-20-9-8-18(13-21(20)30-23)28-22(33)14-32-24(34)26(31-25(32)35)11-10-15-4-1-2-7-19(15)26/h1-9,12-13H,10-11,14H2,(H,28,33)(H,29,30)(H,31,35). The number of carbonyl (C=O) groups excluding carboxylic acids is 3. The van der Waals surface area contributed by atoms with Crippen molar-refractivity contribution in [1.29, 1.82) is 0 Å². The number of rotatable bonds is 4. The molecule has 0 radical (unpaired) electrons. The lowest BCUT2D eigenvalue weighted by molar-refractivity contribution is -0.134. The zero-order valence-electron chi connectivity index (χ0n) is 18.5. The molecule has 4 amide bonds. The zero-order chi connectivity index (χ0) is 24.2. The third-order valence-electron chi connectivity index (χ3n) is 6.59. The third-order valence-corrected chi connectivity index (χ3v) is 6.59. The number of benzene rings is 3. The molecule has 2 aliphatic rings. The molecule has 1 unspecified atom stereocenters. The van der Waals surface area contributed by atoms with Crippen molar-refractivity contribution in [3.8, 4) is 11.4 Å². The van der Waals surface area contributed by atoms with Crippen LogP contribution < -0.4 is 10.6 Å². The average Bonchev–Trinajstić information content (AvgIpc) is 3.50. The van der Waals surface area contributed by atoms with Crippen LogP contribution in [0.3, 0.4) is 0 Å². The fourth-order valence-corrected chi connectivity index (χ4v) is 4.94. The summed E-state index contributed by atoms with van der Waals surface area (Å²) in [6.07, 6.45) is 1.16. The Morgan fingerprint density at radius 1 is 1.09 bits per heavy atom. The second kappa shape index (κ2) is 7.76. The van der Waals surface area contributed by atoms with Gasteiger partial charge in [-0.2, -0.15) is 0 Å². The molecule has 1 fully saturated rings.